The van der Waals surface area contributed by atoms with Crippen LogP contribution in [0.2, 0.25) is 5.02 Å². The standard InChI is InChI=1S/C8H7ClFNO4/c9-3-1-2(5(11)8(14)15)6(12)4(10)7(3)13/h1,5,12-13H,11H2,(H,14,15). The van der Waals surface area contributed by atoms with Gasteiger partial charge in [0, 0.05) is 5.56 Å². The molecule has 15 heavy (non-hydrogen) atoms. The van der Waals surface area contributed by atoms with E-state index in [1.54, 1.807) is 0 Å². The van der Waals surface area contributed by atoms with Crippen molar-refractivity contribution in [2.75, 3.05) is 0 Å². The molecule has 5 nitrogen and oxygen atoms in total. The zero-order chi connectivity index (χ0) is 11.7. The quantitative estimate of drug-likeness (QED) is 0.612. The van der Waals surface area contributed by atoms with E-state index in [1.165, 1.54) is 0 Å². The molecular formula is C8H7ClFNO4. The van der Waals surface area contributed by atoms with Gasteiger partial charge < -0.3 is 21.1 Å². The second-order valence-electron chi connectivity index (χ2n) is 2.77. The number of aliphatic carboxylic acids is 1. The molecule has 0 aliphatic rings. The Morgan fingerprint density at radius 3 is 2.47 bits per heavy atom. The summed E-state index contributed by atoms with van der Waals surface area (Å²) < 4.78 is 13.0. The number of hydrogen-bond acceptors (Lipinski definition) is 4. The van der Waals surface area contributed by atoms with Crippen molar-refractivity contribution in [3.05, 3.63) is 22.5 Å². The predicted molar refractivity (Wildman–Crippen MR) is 49.3 cm³/mol. The third-order valence-electron chi connectivity index (χ3n) is 1.80. The number of carboxylic acids is 1. The fourth-order valence-electron chi connectivity index (χ4n) is 0.987. The summed E-state index contributed by atoms with van der Waals surface area (Å²) >= 11 is 5.39. The molecule has 0 saturated heterocycles. The molecule has 5 N–H and O–H groups in total. The van der Waals surface area contributed by atoms with Crippen molar-refractivity contribution < 1.29 is 24.5 Å². The van der Waals surface area contributed by atoms with E-state index in [0.29, 0.717) is 0 Å². The summed E-state index contributed by atoms with van der Waals surface area (Å²) in [6.45, 7) is 0. The molecule has 0 amide bonds. The number of phenols is 2. The fraction of sp³-hybridized carbons (Fsp3) is 0.125. The number of hydrogen-bond donors (Lipinski definition) is 4. The van der Waals surface area contributed by atoms with Crippen LogP contribution in [0.1, 0.15) is 11.6 Å². The second kappa shape index (κ2) is 3.92. The number of carbonyl (C=O) groups is 1. The lowest BCUT2D eigenvalue weighted by molar-refractivity contribution is -0.138. The molecule has 0 aromatic heterocycles. The third-order valence-corrected chi connectivity index (χ3v) is 2.09. The topological polar surface area (TPSA) is 104 Å². The minimum Gasteiger partial charge on any atom is -0.504 e. The number of nitrogens with two attached hydrogens (primary N) is 1. The molecule has 7 heteroatoms. The van der Waals surface area contributed by atoms with E-state index in [4.69, 9.17) is 27.5 Å². The SMILES string of the molecule is NC(C(=O)O)c1cc(Cl)c(O)c(F)c1O. The highest BCUT2D eigenvalue weighted by atomic mass is 35.5. The first-order valence-corrected chi connectivity index (χ1v) is 4.12. The van der Waals surface area contributed by atoms with Gasteiger partial charge in [-0.1, -0.05) is 11.6 Å². The van der Waals surface area contributed by atoms with Crippen molar-refractivity contribution in [2.24, 2.45) is 5.73 Å². The maximum atomic E-state index is 13.0. The van der Waals surface area contributed by atoms with Gasteiger partial charge in [-0.3, -0.25) is 4.79 Å². The molecule has 0 aliphatic carbocycles. The zero-order valence-corrected chi connectivity index (χ0v) is 7.99. The van der Waals surface area contributed by atoms with Gasteiger partial charge in [0.1, 0.15) is 6.04 Å². The highest BCUT2D eigenvalue weighted by molar-refractivity contribution is 6.32. The van der Waals surface area contributed by atoms with Crippen LogP contribution in [0.15, 0.2) is 6.07 Å². The molecule has 82 valence electrons. The van der Waals surface area contributed by atoms with Crippen LogP contribution in [0.25, 0.3) is 0 Å². The smallest absolute Gasteiger partial charge is 0.325 e. The van der Waals surface area contributed by atoms with Gasteiger partial charge in [-0.05, 0) is 6.07 Å². The van der Waals surface area contributed by atoms with E-state index in [9.17, 15) is 14.3 Å². The minimum atomic E-state index is -1.61. The summed E-state index contributed by atoms with van der Waals surface area (Å²) in [6.07, 6.45) is 0. The average molecular weight is 236 g/mol. The lowest BCUT2D eigenvalue weighted by Crippen LogP contribution is -2.21. The van der Waals surface area contributed by atoms with E-state index in [-0.39, 0.29) is 0 Å². The van der Waals surface area contributed by atoms with Crippen LogP contribution >= 0.6 is 11.6 Å². The molecule has 1 aromatic rings. The van der Waals surface area contributed by atoms with Crippen LogP contribution in [0.5, 0.6) is 11.5 Å². The largest absolute Gasteiger partial charge is 0.504 e. The molecule has 0 fully saturated rings. The first-order chi connectivity index (χ1) is 6.86. The number of halogens is 2. The Morgan fingerprint density at radius 2 is 2.00 bits per heavy atom. The Morgan fingerprint density at radius 1 is 1.47 bits per heavy atom. The lowest BCUT2D eigenvalue weighted by atomic mass is 10.1. The minimum absolute atomic E-state index is 0.400. The summed E-state index contributed by atoms with van der Waals surface area (Å²) in [7, 11) is 0. The van der Waals surface area contributed by atoms with Gasteiger partial charge in [0.25, 0.3) is 0 Å². The zero-order valence-electron chi connectivity index (χ0n) is 7.24. The maximum absolute atomic E-state index is 13.0. The highest BCUT2D eigenvalue weighted by Gasteiger charge is 2.24. The van der Waals surface area contributed by atoms with Crippen molar-refractivity contribution >= 4 is 17.6 Å². The molecular weight excluding hydrogens is 229 g/mol. The van der Waals surface area contributed by atoms with Gasteiger partial charge in [0.2, 0.25) is 5.82 Å². The Balaban J connectivity index is 3.38. The highest BCUT2D eigenvalue weighted by Crippen LogP contribution is 2.37. The van der Waals surface area contributed by atoms with Crippen molar-refractivity contribution in [1.29, 1.82) is 0 Å². The Hall–Kier alpha value is -1.53. The van der Waals surface area contributed by atoms with Gasteiger partial charge in [-0.15, -0.1) is 0 Å². The molecule has 0 radical (unpaired) electrons. The van der Waals surface area contributed by atoms with Crippen molar-refractivity contribution in [3.63, 3.8) is 0 Å². The molecule has 1 rings (SSSR count). The summed E-state index contributed by atoms with van der Waals surface area (Å²) in [6, 6.07) is -0.716. The van der Waals surface area contributed by atoms with E-state index in [0.717, 1.165) is 6.07 Å². The normalized spacial score (nSPS) is 12.5. The molecule has 0 saturated carbocycles. The summed E-state index contributed by atoms with van der Waals surface area (Å²) in [4.78, 5) is 10.5. The van der Waals surface area contributed by atoms with Gasteiger partial charge in [-0.2, -0.15) is 4.39 Å². The van der Waals surface area contributed by atoms with Gasteiger partial charge >= 0.3 is 5.97 Å². The van der Waals surface area contributed by atoms with Crippen molar-refractivity contribution in [1.82, 2.24) is 0 Å². The van der Waals surface area contributed by atoms with E-state index < -0.39 is 39.9 Å². The van der Waals surface area contributed by atoms with Gasteiger partial charge in [-0.25, -0.2) is 0 Å². The first-order valence-electron chi connectivity index (χ1n) is 3.74. The molecule has 0 aliphatic heterocycles. The molecule has 0 spiro atoms. The molecule has 1 unspecified atom stereocenters. The Labute approximate surface area is 88.5 Å². The van der Waals surface area contributed by atoms with Crippen LogP contribution in [0.4, 0.5) is 4.39 Å². The van der Waals surface area contributed by atoms with Crippen molar-refractivity contribution in [3.8, 4) is 11.5 Å². The van der Waals surface area contributed by atoms with Crippen LogP contribution in [0.3, 0.4) is 0 Å². The van der Waals surface area contributed by atoms with Crippen LogP contribution in [-0.4, -0.2) is 21.3 Å². The monoisotopic (exact) mass is 235 g/mol. The molecule has 0 bridgehead atoms. The lowest BCUT2D eigenvalue weighted by Gasteiger charge is -2.11. The number of rotatable bonds is 2. The molecule has 0 heterocycles. The number of benzene rings is 1. The average Bonchev–Trinajstić information content (AvgIpc) is 2.19. The van der Waals surface area contributed by atoms with Crippen LogP contribution in [0, 0.1) is 5.82 Å². The predicted octanol–water partition coefficient (Wildman–Crippen LogP) is 0.975. The number of carboxylic acid groups (broad SMARTS) is 1. The summed E-state index contributed by atoms with van der Waals surface area (Å²) in [5.41, 5.74) is 4.76. The van der Waals surface area contributed by atoms with E-state index in [2.05, 4.69) is 0 Å². The van der Waals surface area contributed by atoms with Crippen molar-refractivity contribution in [2.45, 2.75) is 6.04 Å². The van der Waals surface area contributed by atoms with E-state index >= 15 is 0 Å². The number of phenolic OH excluding ortho intramolecular Hbond substituents is 2. The third kappa shape index (κ3) is 1.95. The fourth-order valence-corrected chi connectivity index (χ4v) is 1.19. The van der Waals surface area contributed by atoms with Gasteiger partial charge in [0.05, 0.1) is 5.02 Å². The Kier molecular flexibility index (Phi) is 3.01. The molecule has 1 aromatic carbocycles. The maximum Gasteiger partial charge on any atom is 0.325 e. The van der Waals surface area contributed by atoms with E-state index in [1.807, 2.05) is 0 Å². The van der Waals surface area contributed by atoms with Crippen LogP contribution in [-0.2, 0) is 4.79 Å². The number of aromatic hydroxyl groups is 2. The summed E-state index contributed by atoms with van der Waals surface area (Å²) in [5.74, 6) is -4.82. The van der Waals surface area contributed by atoms with Gasteiger partial charge in [0.15, 0.2) is 11.5 Å². The second-order valence-corrected chi connectivity index (χ2v) is 3.18. The summed E-state index contributed by atoms with van der Waals surface area (Å²) in [5, 5.41) is 26.3. The Bertz CT molecular complexity index is 424. The van der Waals surface area contributed by atoms with Crippen LogP contribution < -0.4 is 5.73 Å². The molecule has 1 atom stereocenters. The first kappa shape index (κ1) is 11.5.